The first-order chi connectivity index (χ1) is 11.6. The predicted octanol–water partition coefficient (Wildman–Crippen LogP) is 2.02. The number of hydrogen-bond acceptors (Lipinski definition) is 7. The number of hydrogen-bond donors (Lipinski definition) is 0. The summed E-state index contributed by atoms with van der Waals surface area (Å²) in [6.07, 6.45) is 1.49. The number of thiophene rings is 1. The zero-order valence-electron chi connectivity index (χ0n) is 12.9. The van der Waals surface area contributed by atoms with Gasteiger partial charge in [0.1, 0.15) is 6.04 Å². The van der Waals surface area contributed by atoms with Gasteiger partial charge in [-0.2, -0.15) is 16.3 Å². The van der Waals surface area contributed by atoms with Crippen LogP contribution in [0.15, 0.2) is 21.3 Å². The van der Waals surface area contributed by atoms with E-state index in [-0.39, 0.29) is 41.7 Å². The van der Waals surface area contributed by atoms with Gasteiger partial charge in [-0.25, -0.2) is 0 Å². The van der Waals surface area contributed by atoms with Crippen LogP contribution in [0.1, 0.15) is 31.7 Å². The third-order valence-electron chi connectivity index (χ3n) is 5.28. The van der Waals surface area contributed by atoms with Gasteiger partial charge in [0, 0.05) is 10.9 Å². The molecule has 3 aliphatic heterocycles. The molecule has 2 aromatic rings. The van der Waals surface area contributed by atoms with Gasteiger partial charge < -0.3 is 9.26 Å². The molecular weight excluding hydrogens is 330 g/mol. The monoisotopic (exact) mass is 345 g/mol. The molecule has 0 spiro atoms. The molecule has 5 rings (SSSR count). The van der Waals surface area contributed by atoms with E-state index in [4.69, 9.17) is 9.26 Å². The normalized spacial score (nSPS) is 32.6. The van der Waals surface area contributed by atoms with E-state index in [0.717, 1.165) is 18.4 Å². The van der Waals surface area contributed by atoms with Gasteiger partial charge in [0.2, 0.25) is 23.5 Å². The minimum absolute atomic E-state index is 0.113. The van der Waals surface area contributed by atoms with Crippen LogP contribution in [-0.4, -0.2) is 39.1 Å². The lowest BCUT2D eigenvalue weighted by molar-refractivity contribution is -0.145. The summed E-state index contributed by atoms with van der Waals surface area (Å²) in [5, 5.41) is 7.81. The second-order valence-corrected chi connectivity index (χ2v) is 7.31. The van der Waals surface area contributed by atoms with E-state index in [9.17, 15) is 9.59 Å². The summed E-state index contributed by atoms with van der Waals surface area (Å²) in [6, 6.07) is 1.34. The van der Waals surface area contributed by atoms with Gasteiger partial charge in [-0.3, -0.25) is 14.5 Å². The summed E-state index contributed by atoms with van der Waals surface area (Å²) in [5.41, 5.74) is 0.865. The number of carbonyl (C=O) groups is 2. The van der Waals surface area contributed by atoms with E-state index in [1.165, 1.54) is 4.90 Å². The van der Waals surface area contributed by atoms with E-state index in [2.05, 4.69) is 10.1 Å². The highest BCUT2D eigenvalue weighted by Crippen LogP contribution is 2.50. The lowest BCUT2D eigenvalue weighted by Crippen LogP contribution is -2.36. The van der Waals surface area contributed by atoms with E-state index in [0.29, 0.717) is 5.82 Å². The fourth-order valence-electron chi connectivity index (χ4n) is 4.14. The summed E-state index contributed by atoms with van der Waals surface area (Å²) >= 11 is 1.54. The van der Waals surface area contributed by atoms with Crippen molar-refractivity contribution in [3.63, 3.8) is 0 Å². The molecule has 3 aliphatic rings. The molecule has 0 N–H and O–H groups in total. The number of fused-ring (bicyclic) bond motifs is 5. The molecular formula is C16H15N3O4S. The Kier molecular flexibility index (Phi) is 2.96. The highest BCUT2D eigenvalue weighted by molar-refractivity contribution is 7.08. The second-order valence-electron chi connectivity index (χ2n) is 6.53. The predicted molar refractivity (Wildman–Crippen MR) is 82.8 cm³/mol. The van der Waals surface area contributed by atoms with Crippen LogP contribution in [0.3, 0.4) is 0 Å². The Morgan fingerprint density at radius 2 is 1.96 bits per heavy atom. The van der Waals surface area contributed by atoms with Crippen LogP contribution in [-0.2, 0) is 14.3 Å². The standard InChI is InChI=1S/C16H15N3O4S/c1-7(14-17-13(18-23-14)8-4-5-24-6-8)19-15(20)11-9-2-3-10(22-9)12(11)16(19)21/h4-7,9-12H,2-3H2,1H3. The van der Waals surface area contributed by atoms with Crippen LogP contribution < -0.4 is 0 Å². The van der Waals surface area contributed by atoms with Crippen molar-refractivity contribution in [3.8, 4) is 11.4 Å². The van der Waals surface area contributed by atoms with Crippen molar-refractivity contribution < 1.29 is 18.8 Å². The number of carbonyl (C=O) groups excluding carboxylic acids is 2. The van der Waals surface area contributed by atoms with Crippen molar-refractivity contribution in [1.29, 1.82) is 0 Å². The third-order valence-corrected chi connectivity index (χ3v) is 5.97. The summed E-state index contributed by atoms with van der Waals surface area (Å²) in [4.78, 5) is 31.2. The lowest BCUT2D eigenvalue weighted by Gasteiger charge is -2.21. The van der Waals surface area contributed by atoms with Gasteiger partial charge in [0.15, 0.2) is 0 Å². The van der Waals surface area contributed by atoms with Gasteiger partial charge in [-0.1, -0.05) is 5.16 Å². The van der Waals surface area contributed by atoms with Crippen LogP contribution in [0, 0.1) is 11.8 Å². The Hall–Kier alpha value is -2.06. The molecule has 2 amide bonds. The Morgan fingerprint density at radius 1 is 1.25 bits per heavy atom. The van der Waals surface area contributed by atoms with Crippen LogP contribution in [0.5, 0.6) is 0 Å². The quantitative estimate of drug-likeness (QED) is 0.791. The van der Waals surface area contributed by atoms with Gasteiger partial charge in [0.05, 0.1) is 24.0 Å². The molecule has 0 saturated carbocycles. The molecule has 2 bridgehead atoms. The molecule has 5 atom stereocenters. The molecule has 0 aromatic carbocycles. The van der Waals surface area contributed by atoms with Gasteiger partial charge in [0.25, 0.3) is 0 Å². The van der Waals surface area contributed by atoms with Crippen molar-refractivity contribution in [1.82, 2.24) is 15.0 Å². The summed E-state index contributed by atoms with van der Waals surface area (Å²) in [6.45, 7) is 1.75. The first kappa shape index (κ1) is 14.3. The van der Waals surface area contributed by atoms with Gasteiger partial charge >= 0.3 is 0 Å². The number of nitrogens with zero attached hydrogens (tertiary/aromatic N) is 3. The van der Waals surface area contributed by atoms with E-state index < -0.39 is 6.04 Å². The van der Waals surface area contributed by atoms with Gasteiger partial charge in [-0.05, 0) is 31.2 Å². The molecule has 3 fully saturated rings. The van der Waals surface area contributed by atoms with E-state index in [1.807, 2.05) is 16.8 Å². The summed E-state index contributed by atoms with van der Waals surface area (Å²) < 4.78 is 11.1. The Morgan fingerprint density at radius 3 is 2.58 bits per heavy atom. The highest BCUT2D eigenvalue weighted by atomic mass is 32.1. The summed E-state index contributed by atoms with van der Waals surface area (Å²) in [5.74, 6) is -0.247. The SMILES string of the molecule is CC(c1nc(-c2ccsc2)no1)N1C(=O)C2C3CCC(O3)C2C1=O. The molecule has 124 valence electrons. The van der Waals surface area contributed by atoms with Crippen LogP contribution in [0.25, 0.3) is 11.4 Å². The average Bonchev–Trinajstić information content (AvgIpc) is 3.38. The van der Waals surface area contributed by atoms with Crippen molar-refractivity contribution in [2.24, 2.45) is 11.8 Å². The van der Waals surface area contributed by atoms with E-state index in [1.54, 1.807) is 18.3 Å². The summed E-state index contributed by atoms with van der Waals surface area (Å²) in [7, 11) is 0. The highest BCUT2D eigenvalue weighted by Gasteiger charge is 2.63. The molecule has 3 saturated heterocycles. The number of imide groups is 1. The minimum Gasteiger partial charge on any atom is -0.373 e. The van der Waals surface area contributed by atoms with E-state index >= 15 is 0 Å². The maximum Gasteiger partial charge on any atom is 0.249 e. The molecule has 5 heterocycles. The molecule has 5 unspecified atom stereocenters. The number of ether oxygens (including phenoxy) is 1. The number of aromatic nitrogens is 2. The van der Waals surface area contributed by atoms with Crippen molar-refractivity contribution in [3.05, 3.63) is 22.7 Å². The first-order valence-corrected chi connectivity index (χ1v) is 8.98. The minimum atomic E-state index is -0.560. The van der Waals surface area contributed by atoms with Crippen molar-refractivity contribution >= 4 is 23.2 Å². The van der Waals surface area contributed by atoms with Crippen LogP contribution >= 0.6 is 11.3 Å². The van der Waals surface area contributed by atoms with Crippen molar-refractivity contribution in [2.75, 3.05) is 0 Å². The van der Waals surface area contributed by atoms with Crippen LogP contribution in [0.2, 0.25) is 0 Å². The zero-order valence-corrected chi connectivity index (χ0v) is 13.7. The number of rotatable bonds is 3. The Labute approximate surface area is 141 Å². The molecule has 2 aromatic heterocycles. The molecule has 0 radical (unpaired) electrons. The second kappa shape index (κ2) is 4.97. The van der Waals surface area contributed by atoms with Crippen molar-refractivity contribution in [2.45, 2.75) is 38.0 Å². The Balaban J connectivity index is 1.44. The first-order valence-electron chi connectivity index (χ1n) is 8.03. The fourth-order valence-corrected chi connectivity index (χ4v) is 4.78. The molecule has 0 aliphatic carbocycles. The molecule has 24 heavy (non-hydrogen) atoms. The lowest BCUT2D eigenvalue weighted by atomic mass is 9.81. The number of amides is 2. The zero-order chi connectivity index (χ0) is 16.4. The number of likely N-dealkylation sites (tertiary alicyclic amines) is 1. The smallest absolute Gasteiger partial charge is 0.249 e. The largest absolute Gasteiger partial charge is 0.373 e. The maximum atomic E-state index is 12.8. The van der Waals surface area contributed by atoms with Gasteiger partial charge in [-0.15, -0.1) is 0 Å². The average molecular weight is 345 g/mol. The molecule has 7 nitrogen and oxygen atoms in total. The fraction of sp³-hybridized carbons (Fsp3) is 0.500. The molecule has 8 heteroatoms. The van der Waals surface area contributed by atoms with Crippen LogP contribution in [0.4, 0.5) is 0 Å². The topological polar surface area (TPSA) is 85.5 Å². The Bertz CT molecular complexity index is 789. The third kappa shape index (κ3) is 1.81. The maximum absolute atomic E-state index is 12.8.